The lowest BCUT2D eigenvalue weighted by Crippen LogP contribution is -2.20. The molecule has 0 unspecified atom stereocenters. The fraction of sp³-hybridized carbons (Fsp3) is 0.211. The topological polar surface area (TPSA) is 64.0 Å². The molecule has 0 saturated heterocycles. The number of anilines is 2. The van der Waals surface area contributed by atoms with Gasteiger partial charge >= 0.3 is 0 Å². The van der Waals surface area contributed by atoms with Crippen molar-refractivity contribution in [2.45, 2.75) is 20.4 Å². The van der Waals surface area contributed by atoms with Crippen molar-refractivity contribution in [3.63, 3.8) is 0 Å². The average Bonchev–Trinajstić information content (AvgIpc) is 3.04. The summed E-state index contributed by atoms with van der Waals surface area (Å²) in [5, 5.41) is 10.9. The summed E-state index contributed by atoms with van der Waals surface area (Å²) < 4.78 is 7.11. The Balaban J connectivity index is 1.62. The van der Waals surface area contributed by atoms with Gasteiger partial charge < -0.3 is 10.1 Å². The first-order chi connectivity index (χ1) is 12.5. The van der Waals surface area contributed by atoms with E-state index in [2.05, 4.69) is 51.9 Å². The van der Waals surface area contributed by atoms with Gasteiger partial charge in [0.2, 0.25) is 5.95 Å². The van der Waals surface area contributed by atoms with Crippen molar-refractivity contribution in [3.05, 3.63) is 65.5 Å². The molecule has 3 aromatic rings. The van der Waals surface area contributed by atoms with Crippen LogP contribution in [0.4, 0.5) is 11.6 Å². The number of ether oxygens (including phenoxy) is 1. The number of nitrogens with one attached hydrogen (secondary N) is 2. The van der Waals surface area contributed by atoms with Crippen molar-refractivity contribution < 1.29 is 4.74 Å². The minimum absolute atomic E-state index is 0.405. The summed E-state index contributed by atoms with van der Waals surface area (Å²) in [5.41, 5.74) is 4.30. The summed E-state index contributed by atoms with van der Waals surface area (Å²) in [6.45, 7) is 4.73. The molecule has 0 aliphatic heterocycles. The van der Waals surface area contributed by atoms with Gasteiger partial charge in [-0.05, 0) is 49.3 Å². The summed E-state index contributed by atoms with van der Waals surface area (Å²) in [7, 11) is 1.63. The molecule has 3 rings (SSSR count). The average molecular weight is 367 g/mol. The number of methoxy groups -OCH3 is 1. The minimum atomic E-state index is 0.405. The molecule has 0 radical (unpaired) electrons. The lowest BCUT2D eigenvalue weighted by Gasteiger charge is -2.12. The maximum absolute atomic E-state index is 5.36. The van der Waals surface area contributed by atoms with Crippen LogP contribution in [0.15, 0.2) is 48.8 Å². The number of rotatable bonds is 5. The van der Waals surface area contributed by atoms with Gasteiger partial charge in [0.1, 0.15) is 12.1 Å². The number of hydrogen-bond donors (Lipinski definition) is 2. The van der Waals surface area contributed by atoms with Crippen molar-refractivity contribution in [1.29, 1.82) is 0 Å². The molecule has 0 atom stereocenters. The first kappa shape index (κ1) is 17.9. The van der Waals surface area contributed by atoms with Gasteiger partial charge in [0, 0.05) is 0 Å². The van der Waals surface area contributed by atoms with Gasteiger partial charge in [-0.25, -0.2) is 9.67 Å². The fourth-order valence-corrected chi connectivity index (χ4v) is 2.68. The number of nitrogens with zero attached hydrogens (tertiary/aromatic N) is 3. The Bertz CT molecular complexity index is 905. The summed E-state index contributed by atoms with van der Waals surface area (Å²) in [5.74, 6) is 1.17. The maximum atomic E-state index is 5.36. The molecule has 0 amide bonds. The Hall–Kier alpha value is -2.93. The zero-order valence-electron chi connectivity index (χ0n) is 15.0. The Labute approximate surface area is 158 Å². The minimum Gasteiger partial charge on any atom is -0.495 e. The molecular weight excluding hydrogens is 346 g/mol. The number of aromatic nitrogens is 3. The molecule has 0 bridgehead atoms. The van der Waals surface area contributed by atoms with Crippen molar-refractivity contribution in [3.8, 4) is 5.75 Å². The zero-order chi connectivity index (χ0) is 18.5. The smallest absolute Gasteiger partial charge is 0.248 e. The molecule has 0 fully saturated rings. The van der Waals surface area contributed by atoms with Crippen molar-refractivity contribution in [1.82, 2.24) is 14.8 Å². The Morgan fingerprint density at radius 3 is 2.54 bits per heavy atom. The van der Waals surface area contributed by atoms with Gasteiger partial charge in [0.25, 0.3) is 0 Å². The van der Waals surface area contributed by atoms with E-state index in [1.165, 1.54) is 5.56 Å². The van der Waals surface area contributed by atoms with Gasteiger partial charge in [0.15, 0.2) is 5.11 Å². The van der Waals surface area contributed by atoms with Gasteiger partial charge in [-0.1, -0.05) is 35.9 Å². The monoisotopic (exact) mass is 367 g/mol. The van der Waals surface area contributed by atoms with E-state index in [0.29, 0.717) is 17.6 Å². The largest absolute Gasteiger partial charge is 0.495 e. The highest BCUT2D eigenvalue weighted by atomic mass is 32.1. The molecule has 2 aromatic carbocycles. The second-order valence-electron chi connectivity index (χ2n) is 6.03. The normalized spacial score (nSPS) is 10.4. The molecule has 1 aromatic heterocycles. The molecule has 134 valence electrons. The molecule has 2 N–H and O–H groups in total. The van der Waals surface area contributed by atoms with E-state index in [1.807, 2.05) is 25.1 Å². The van der Waals surface area contributed by atoms with Crippen LogP contribution in [0.3, 0.4) is 0 Å². The third kappa shape index (κ3) is 4.58. The zero-order valence-corrected chi connectivity index (χ0v) is 15.8. The SMILES string of the molecule is COc1ccc(C)cc1NC(=S)Nc1ncn(Cc2ccc(C)cc2)n1. The van der Waals surface area contributed by atoms with Crippen LogP contribution in [-0.2, 0) is 6.54 Å². The molecule has 0 aliphatic rings. The van der Waals surface area contributed by atoms with Crippen LogP contribution < -0.4 is 15.4 Å². The van der Waals surface area contributed by atoms with E-state index >= 15 is 0 Å². The third-order valence-corrected chi connectivity index (χ3v) is 4.03. The highest BCUT2D eigenvalue weighted by Gasteiger charge is 2.08. The van der Waals surface area contributed by atoms with Crippen LogP contribution in [0, 0.1) is 13.8 Å². The second-order valence-corrected chi connectivity index (χ2v) is 6.44. The number of benzene rings is 2. The maximum Gasteiger partial charge on any atom is 0.248 e. The van der Waals surface area contributed by atoms with Crippen molar-refractivity contribution in [2.24, 2.45) is 0 Å². The lowest BCUT2D eigenvalue weighted by molar-refractivity contribution is 0.417. The van der Waals surface area contributed by atoms with Crippen LogP contribution in [0.5, 0.6) is 5.75 Å². The second kappa shape index (κ2) is 7.97. The van der Waals surface area contributed by atoms with E-state index in [1.54, 1.807) is 18.1 Å². The van der Waals surface area contributed by atoms with Gasteiger partial charge in [-0.15, -0.1) is 5.10 Å². The van der Waals surface area contributed by atoms with Crippen molar-refractivity contribution in [2.75, 3.05) is 17.7 Å². The quantitative estimate of drug-likeness (QED) is 0.670. The van der Waals surface area contributed by atoms with E-state index < -0.39 is 0 Å². The van der Waals surface area contributed by atoms with E-state index in [-0.39, 0.29) is 0 Å². The molecule has 6 nitrogen and oxygen atoms in total. The Kier molecular flexibility index (Phi) is 5.48. The number of thiocarbonyl (C=S) groups is 1. The van der Waals surface area contributed by atoms with Crippen LogP contribution in [0.25, 0.3) is 0 Å². The summed E-state index contributed by atoms with van der Waals surface area (Å²) in [6, 6.07) is 14.2. The molecule has 7 heteroatoms. The van der Waals surface area contributed by atoms with Crippen LogP contribution in [-0.4, -0.2) is 27.0 Å². The highest BCUT2D eigenvalue weighted by Crippen LogP contribution is 2.25. The molecule has 0 spiro atoms. The van der Waals surface area contributed by atoms with Gasteiger partial charge in [-0.3, -0.25) is 5.32 Å². The fourth-order valence-electron chi connectivity index (χ4n) is 2.48. The first-order valence-electron chi connectivity index (χ1n) is 8.21. The van der Waals surface area contributed by atoms with Crippen LogP contribution in [0.2, 0.25) is 0 Å². The molecule has 0 aliphatic carbocycles. The molecule has 0 saturated carbocycles. The molecule has 26 heavy (non-hydrogen) atoms. The van der Waals surface area contributed by atoms with Gasteiger partial charge in [-0.2, -0.15) is 0 Å². The lowest BCUT2D eigenvalue weighted by atomic mass is 10.1. The Morgan fingerprint density at radius 2 is 1.81 bits per heavy atom. The van der Waals surface area contributed by atoms with Crippen molar-refractivity contribution >= 4 is 29.0 Å². The van der Waals surface area contributed by atoms with Crippen LogP contribution >= 0.6 is 12.2 Å². The summed E-state index contributed by atoms with van der Waals surface area (Å²) in [4.78, 5) is 4.25. The summed E-state index contributed by atoms with van der Waals surface area (Å²) in [6.07, 6.45) is 1.68. The predicted octanol–water partition coefficient (Wildman–Crippen LogP) is 3.76. The highest BCUT2D eigenvalue weighted by molar-refractivity contribution is 7.80. The number of aryl methyl sites for hydroxylation is 2. The molecule has 1 heterocycles. The van der Waals surface area contributed by atoms with Gasteiger partial charge in [0.05, 0.1) is 19.3 Å². The first-order valence-corrected chi connectivity index (χ1v) is 8.62. The molecular formula is C19H21N5OS. The Morgan fingerprint density at radius 1 is 1.08 bits per heavy atom. The van der Waals surface area contributed by atoms with E-state index in [9.17, 15) is 0 Å². The predicted molar refractivity (Wildman–Crippen MR) is 108 cm³/mol. The summed E-state index contributed by atoms with van der Waals surface area (Å²) >= 11 is 5.36. The standard InChI is InChI=1S/C19H21N5OS/c1-13-4-7-15(8-5-13)11-24-12-20-18(23-24)22-19(26)21-16-10-14(2)6-9-17(16)25-3/h4-10,12H,11H2,1-3H3,(H2,21,22,23,26). The number of hydrogen-bond acceptors (Lipinski definition) is 4. The van der Waals surface area contributed by atoms with E-state index in [0.717, 1.165) is 22.6 Å². The van der Waals surface area contributed by atoms with Crippen LogP contribution in [0.1, 0.15) is 16.7 Å². The third-order valence-electron chi connectivity index (χ3n) is 3.83. The van der Waals surface area contributed by atoms with E-state index in [4.69, 9.17) is 17.0 Å².